The minimum atomic E-state index is -0.602. The molecule has 3 aromatic rings. The Hall–Kier alpha value is -2.97. The summed E-state index contributed by atoms with van der Waals surface area (Å²) < 4.78 is 2.20. The van der Waals surface area contributed by atoms with Gasteiger partial charge in [0, 0.05) is 62.7 Å². The van der Waals surface area contributed by atoms with Crippen LogP contribution in [0.2, 0.25) is 0 Å². The van der Waals surface area contributed by atoms with Crippen LogP contribution < -0.4 is 10.4 Å². The van der Waals surface area contributed by atoms with E-state index < -0.39 is 5.91 Å². The van der Waals surface area contributed by atoms with Crippen molar-refractivity contribution in [3.63, 3.8) is 0 Å². The molecule has 32 heavy (non-hydrogen) atoms. The lowest BCUT2D eigenvalue weighted by Gasteiger charge is -2.33. The predicted octanol–water partition coefficient (Wildman–Crippen LogP) is 3.46. The van der Waals surface area contributed by atoms with E-state index >= 15 is 0 Å². The number of anilines is 1. The van der Waals surface area contributed by atoms with Crippen molar-refractivity contribution >= 4 is 22.8 Å². The lowest BCUT2D eigenvalue weighted by atomic mass is 9.96. The number of carbonyl (C=O) groups excluding carboxylic acids is 1. The number of piperidine rings is 1. The maximum absolute atomic E-state index is 11.4. The van der Waals surface area contributed by atoms with E-state index in [-0.39, 0.29) is 5.56 Å². The lowest BCUT2D eigenvalue weighted by Crippen LogP contribution is -2.38. The van der Waals surface area contributed by atoms with Crippen LogP contribution in [0.1, 0.15) is 42.6 Å². The van der Waals surface area contributed by atoms with Gasteiger partial charge in [0.05, 0.1) is 5.56 Å². The molecule has 1 aromatic carbocycles. The molecule has 8 heteroatoms. The molecule has 172 valence electrons. The first-order valence-corrected chi connectivity index (χ1v) is 11.3. The molecule has 2 N–H and O–H groups in total. The van der Waals surface area contributed by atoms with Crippen LogP contribution in [-0.4, -0.2) is 57.2 Å². The SMILES string of the molecule is CC.CN(Cc1cn(C)c2ccccc12)CC1CCN(c2ncc(C(=O)NO)cn2)CC1. The Morgan fingerprint density at radius 1 is 1.19 bits per heavy atom. The molecule has 0 atom stereocenters. The summed E-state index contributed by atoms with van der Waals surface area (Å²) in [6.07, 6.45) is 7.29. The molecular formula is C24H34N6O2. The topological polar surface area (TPSA) is 86.5 Å². The summed E-state index contributed by atoms with van der Waals surface area (Å²) in [5.41, 5.74) is 4.48. The fraction of sp³-hybridized carbons (Fsp3) is 0.458. The average Bonchev–Trinajstić information content (AvgIpc) is 3.15. The van der Waals surface area contributed by atoms with E-state index in [1.807, 2.05) is 13.8 Å². The second-order valence-corrected chi connectivity index (χ2v) is 8.12. The molecule has 1 amide bonds. The monoisotopic (exact) mass is 438 g/mol. The summed E-state index contributed by atoms with van der Waals surface area (Å²) in [5, 5.41) is 10.0. The zero-order valence-electron chi connectivity index (χ0n) is 19.5. The molecule has 1 fully saturated rings. The Kier molecular flexibility index (Phi) is 8.19. The zero-order chi connectivity index (χ0) is 23.1. The number of para-hydroxylation sites is 1. The number of rotatable bonds is 6. The number of aryl methyl sites for hydroxylation is 1. The Balaban J connectivity index is 0.00000141. The van der Waals surface area contributed by atoms with Crippen LogP contribution in [0.3, 0.4) is 0 Å². The van der Waals surface area contributed by atoms with Crippen molar-refractivity contribution < 1.29 is 10.0 Å². The Morgan fingerprint density at radius 2 is 1.84 bits per heavy atom. The molecule has 0 radical (unpaired) electrons. The van der Waals surface area contributed by atoms with E-state index in [4.69, 9.17) is 5.21 Å². The molecule has 4 rings (SSSR count). The molecule has 1 saturated heterocycles. The number of carbonyl (C=O) groups is 1. The predicted molar refractivity (Wildman–Crippen MR) is 127 cm³/mol. The van der Waals surface area contributed by atoms with Gasteiger partial charge in [-0.1, -0.05) is 32.0 Å². The van der Waals surface area contributed by atoms with Crippen LogP contribution in [0.5, 0.6) is 0 Å². The molecule has 3 heterocycles. The minimum absolute atomic E-state index is 0.242. The van der Waals surface area contributed by atoms with Gasteiger partial charge in [0.1, 0.15) is 0 Å². The van der Waals surface area contributed by atoms with Crippen LogP contribution in [-0.2, 0) is 13.6 Å². The van der Waals surface area contributed by atoms with Gasteiger partial charge < -0.3 is 14.4 Å². The van der Waals surface area contributed by atoms with Crippen LogP contribution in [0, 0.1) is 5.92 Å². The molecule has 8 nitrogen and oxygen atoms in total. The number of hydroxylamine groups is 1. The third-order valence-corrected chi connectivity index (χ3v) is 5.89. The van der Waals surface area contributed by atoms with Crippen LogP contribution in [0.25, 0.3) is 10.9 Å². The summed E-state index contributed by atoms with van der Waals surface area (Å²) in [4.78, 5) is 24.5. The van der Waals surface area contributed by atoms with Crippen molar-refractivity contribution in [1.82, 2.24) is 24.9 Å². The molecule has 2 aromatic heterocycles. The highest BCUT2D eigenvalue weighted by Crippen LogP contribution is 2.24. The first-order valence-electron chi connectivity index (χ1n) is 11.3. The van der Waals surface area contributed by atoms with E-state index in [0.717, 1.165) is 39.0 Å². The minimum Gasteiger partial charge on any atom is -0.350 e. The van der Waals surface area contributed by atoms with Crippen molar-refractivity contribution in [1.29, 1.82) is 0 Å². The number of aromatic nitrogens is 3. The van der Waals surface area contributed by atoms with E-state index in [9.17, 15) is 4.79 Å². The molecular weight excluding hydrogens is 404 g/mol. The van der Waals surface area contributed by atoms with Crippen LogP contribution >= 0.6 is 0 Å². The maximum Gasteiger partial charge on any atom is 0.277 e. The Labute approximate surface area is 189 Å². The number of nitrogens with one attached hydrogen (secondary N) is 1. The molecule has 0 unspecified atom stereocenters. The van der Waals surface area contributed by atoms with Crippen molar-refractivity contribution in [2.45, 2.75) is 33.2 Å². The van der Waals surface area contributed by atoms with Gasteiger partial charge in [-0.15, -0.1) is 0 Å². The van der Waals surface area contributed by atoms with Crippen molar-refractivity contribution in [3.05, 3.63) is 54.0 Å². The first-order chi connectivity index (χ1) is 15.5. The highest BCUT2D eigenvalue weighted by Gasteiger charge is 2.22. The third-order valence-electron chi connectivity index (χ3n) is 5.89. The number of nitrogens with zero attached hydrogens (tertiary/aromatic N) is 5. The quantitative estimate of drug-likeness (QED) is 0.453. The summed E-state index contributed by atoms with van der Waals surface area (Å²) in [6, 6.07) is 8.56. The maximum atomic E-state index is 11.4. The smallest absolute Gasteiger partial charge is 0.277 e. The number of fused-ring (bicyclic) bond motifs is 1. The van der Waals surface area contributed by atoms with Gasteiger partial charge in [0.2, 0.25) is 5.95 Å². The summed E-state index contributed by atoms with van der Waals surface area (Å²) in [5.74, 6) is 0.669. The fourth-order valence-electron chi connectivity index (χ4n) is 4.33. The summed E-state index contributed by atoms with van der Waals surface area (Å²) in [7, 11) is 4.30. The van der Waals surface area contributed by atoms with E-state index in [1.54, 1.807) is 5.48 Å². The summed E-state index contributed by atoms with van der Waals surface area (Å²) >= 11 is 0. The number of benzene rings is 1. The fourth-order valence-corrected chi connectivity index (χ4v) is 4.33. The number of hydrogen-bond donors (Lipinski definition) is 2. The number of amides is 1. The highest BCUT2D eigenvalue weighted by molar-refractivity contribution is 5.92. The van der Waals surface area contributed by atoms with Gasteiger partial charge in [-0.2, -0.15) is 0 Å². The van der Waals surface area contributed by atoms with Gasteiger partial charge in [-0.05, 0) is 37.4 Å². The summed E-state index contributed by atoms with van der Waals surface area (Å²) in [6.45, 7) is 7.81. The van der Waals surface area contributed by atoms with E-state index in [0.29, 0.717) is 11.9 Å². The number of hydrogen-bond acceptors (Lipinski definition) is 6. The standard InChI is InChI=1S/C22H28N6O2.C2H6/c1-26(14-18-15-27(2)20-6-4-3-5-19(18)20)13-16-7-9-28(10-8-16)22-23-11-17(12-24-22)21(29)25-30;1-2/h3-6,11-12,15-16,30H,7-10,13-14H2,1-2H3,(H,25,29);1-2H3. The zero-order valence-corrected chi connectivity index (χ0v) is 19.5. The second-order valence-electron chi connectivity index (χ2n) is 8.12. The Bertz CT molecular complexity index is 1010. The third kappa shape index (κ3) is 5.44. The van der Waals surface area contributed by atoms with E-state index in [1.165, 1.54) is 28.9 Å². The van der Waals surface area contributed by atoms with Gasteiger partial charge >= 0.3 is 0 Å². The molecule has 0 spiro atoms. The van der Waals surface area contributed by atoms with Crippen molar-refractivity contribution in [2.24, 2.45) is 13.0 Å². The normalized spacial score (nSPS) is 14.4. The molecule has 0 bridgehead atoms. The van der Waals surface area contributed by atoms with Crippen LogP contribution in [0.4, 0.5) is 5.95 Å². The van der Waals surface area contributed by atoms with Gasteiger partial charge in [-0.25, -0.2) is 15.4 Å². The van der Waals surface area contributed by atoms with Gasteiger partial charge in [0.25, 0.3) is 5.91 Å². The molecule has 0 aliphatic carbocycles. The van der Waals surface area contributed by atoms with Crippen molar-refractivity contribution in [3.8, 4) is 0 Å². The largest absolute Gasteiger partial charge is 0.350 e. The second kappa shape index (κ2) is 11.1. The van der Waals surface area contributed by atoms with Crippen LogP contribution in [0.15, 0.2) is 42.9 Å². The lowest BCUT2D eigenvalue weighted by molar-refractivity contribution is 0.0705. The highest BCUT2D eigenvalue weighted by atomic mass is 16.5. The van der Waals surface area contributed by atoms with E-state index in [2.05, 4.69) is 68.9 Å². The average molecular weight is 439 g/mol. The Morgan fingerprint density at radius 3 is 2.50 bits per heavy atom. The molecule has 1 aliphatic rings. The van der Waals surface area contributed by atoms with Crippen molar-refractivity contribution in [2.75, 3.05) is 31.6 Å². The van der Waals surface area contributed by atoms with Gasteiger partial charge in [0.15, 0.2) is 0 Å². The van der Waals surface area contributed by atoms with Gasteiger partial charge in [-0.3, -0.25) is 10.0 Å². The molecule has 0 saturated carbocycles. The first kappa shape index (κ1) is 23.7. The molecule has 1 aliphatic heterocycles.